The number of carbonyl (C=O) groups is 3. The molecule has 0 aromatic heterocycles. The Morgan fingerprint density at radius 3 is 2.37 bits per heavy atom. The highest BCUT2D eigenvalue weighted by Gasteiger charge is 2.32. The third-order valence-electron chi connectivity index (χ3n) is 7.61. The molecule has 11 heteroatoms. The van der Waals surface area contributed by atoms with Crippen LogP contribution in [0.25, 0.3) is 0 Å². The first-order valence-corrected chi connectivity index (χ1v) is 14.5. The van der Waals surface area contributed by atoms with Crippen LogP contribution in [-0.2, 0) is 17.6 Å². The van der Waals surface area contributed by atoms with Crippen molar-refractivity contribution in [2.75, 3.05) is 24.5 Å². The molecule has 1 saturated heterocycles. The average molecular weight is 616 g/mol. The van der Waals surface area contributed by atoms with Crippen LogP contribution in [0.5, 0.6) is 0 Å². The number of aliphatic carboxylic acids is 1. The SMILES string of the molecule is O=C(NC[C@H](NC(=O)c1c(Cl)ccc(N2CC(c3ccc(Cl)cc3)C2)c1Cl)C(=O)O)N[C@@H]1CCc2ccccc2C1. The Balaban J connectivity index is 1.18. The molecule has 0 unspecified atom stereocenters. The summed E-state index contributed by atoms with van der Waals surface area (Å²) in [5, 5.41) is 18.5. The van der Waals surface area contributed by atoms with Crippen molar-refractivity contribution < 1.29 is 19.5 Å². The molecule has 2 atom stereocenters. The molecule has 1 heterocycles. The van der Waals surface area contributed by atoms with E-state index in [0.717, 1.165) is 18.4 Å². The minimum Gasteiger partial charge on any atom is -0.480 e. The number of rotatable bonds is 8. The molecule has 0 radical (unpaired) electrons. The second kappa shape index (κ2) is 12.6. The number of halogens is 3. The minimum atomic E-state index is -1.39. The Morgan fingerprint density at radius 1 is 0.951 bits per heavy atom. The first-order valence-electron chi connectivity index (χ1n) is 13.3. The van der Waals surface area contributed by atoms with Crippen molar-refractivity contribution in [3.8, 4) is 0 Å². The number of urea groups is 1. The van der Waals surface area contributed by atoms with Gasteiger partial charge in [-0.25, -0.2) is 9.59 Å². The third-order valence-corrected chi connectivity index (χ3v) is 8.56. The molecule has 8 nitrogen and oxygen atoms in total. The molecular weight excluding hydrogens is 587 g/mol. The van der Waals surface area contributed by atoms with Gasteiger partial charge in [-0.3, -0.25) is 4.79 Å². The number of amides is 3. The molecule has 2 aliphatic rings. The number of hydrogen-bond donors (Lipinski definition) is 4. The molecule has 3 amide bonds. The standard InChI is InChI=1S/C30H29Cl3N4O4/c31-21-8-5-18(6-9-21)20-15-37(16-20)25-12-11-23(32)26(27(25)33)28(38)36-24(29(39)40)14-34-30(41)35-22-10-7-17-3-1-2-4-19(17)13-22/h1-6,8-9,11-12,20,22,24H,7,10,13-16H2,(H,36,38)(H,39,40)(H2,34,35,41)/t22-,24+/m1/s1. The number of anilines is 1. The van der Waals surface area contributed by atoms with E-state index in [1.165, 1.54) is 11.1 Å². The van der Waals surface area contributed by atoms with Crippen LogP contribution in [0.1, 0.15) is 39.4 Å². The lowest BCUT2D eigenvalue weighted by molar-refractivity contribution is -0.139. The summed E-state index contributed by atoms with van der Waals surface area (Å²) < 4.78 is 0. The van der Waals surface area contributed by atoms with Gasteiger partial charge >= 0.3 is 12.0 Å². The van der Waals surface area contributed by atoms with Crippen molar-refractivity contribution in [3.05, 3.63) is 98.0 Å². The molecule has 3 aromatic rings. The Morgan fingerprint density at radius 2 is 1.66 bits per heavy atom. The monoisotopic (exact) mass is 614 g/mol. The first kappa shape index (κ1) is 29.0. The van der Waals surface area contributed by atoms with Gasteiger partial charge in [-0.05, 0) is 60.2 Å². The van der Waals surface area contributed by atoms with Crippen LogP contribution in [-0.4, -0.2) is 54.7 Å². The van der Waals surface area contributed by atoms with Crippen molar-refractivity contribution in [1.29, 1.82) is 0 Å². The van der Waals surface area contributed by atoms with Gasteiger partial charge in [0.05, 0.1) is 27.8 Å². The number of nitrogens with one attached hydrogen (secondary N) is 3. The average Bonchev–Trinajstić information content (AvgIpc) is 2.92. The van der Waals surface area contributed by atoms with E-state index in [9.17, 15) is 19.5 Å². The molecule has 0 spiro atoms. The number of hydrogen-bond acceptors (Lipinski definition) is 4. The highest BCUT2D eigenvalue weighted by molar-refractivity contribution is 6.41. The van der Waals surface area contributed by atoms with Gasteiger partial charge in [-0.1, -0.05) is 71.2 Å². The molecule has 3 aromatic carbocycles. The number of aryl methyl sites for hydroxylation is 1. The molecule has 1 aliphatic carbocycles. The van der Waals surface area contributed by atoms with Crippen LogP contribution in [0, 0.1) is 0 Å². The molecule has 1 aliphatic heterocycles. The molecule has 1 fully saturated rings. The zero-order chi connectivity index (χ0) is 29.1. The summed E-state index contributed by atoms with van der Waals surface area (Å²) in [6, 6.07) is 17.1. The van der Waals surface area contributed by atoms with Crippen LogP contribution in [0.15, 0.2) is 60.7 Å². The quantitative estimate of drug-likeness (QED) is 0.275. The highest BCUT2D eigenvalue weighted by atomic mass is 35.5. The lowest BCUT2D eigenvalue weighted by Crippen LogP contribution is -2.52. The second-order valence-electron chi connectivity index (χ2n) is 10.3. The Hall–Kier alpha value is -3.46. The van der Waals surface area contributed by atoms with E-state index in [2.05, 4.69) is 22.0 Å². The van der Waals surface area contributed by atoms with Gasteiger partial charge < -0.3 is 26.0 Å². The Labute approximate surface area is 253 Å². The highest BCUT2D eigenvalue weighted by Crippen LogP contribution is 2.39. The van der Waals surface area contributed by atoms with E-state index >= 15 is 0 Å². The van der Waals surface area contributed by atoms with Crippen molar-refractivity contribution in [2.24, 2.45) is 0 Å². The molecule has 0 bridgehead atoms. The van der Waals surface area contributed by atoms with Gasteiger partial charge in [-0.2, -0.15) is 0 Å². The van der Waals surface area contributed by atoms with Crippen molar-refractivity contribution in [1.82, 2.24) is 16.0 Å². The normalized spacial score (nSPS) is 17.1. The lowest BCUT2D eigenvalue weighted by Gasteiger charge is -2.42. The summed E-state index contributed by atoms with van der Waals surface area (Å²) in [4.78, 5) is 39.7. The van der Waals surface area contributed by atoms with Gasteiger partial charge in [0.15, 0.2) is 0 Å². The van der Waals surface area contributed by atoms with Crippen LogP contribution in [0.4, 0.5) is 10.5 Å². The number of nitrogens with zero attached hydrogens (tertiary/aromatic N) is 1. The van der Waals surface area contributed by atoms with E-state index in [1.54, 1.807) is 12.1 Å². The first-order chi connectivity index (χ1) is 19.7. The summed E-state index contributed by atoms with van der Waals surface area (Å²) in [6.45, 7) is 1.06. The van der Waals surface area contributed by atoms with Gasteiger partial charge in [0.2, 0.25) is 0 Å². The fourth-order valence-corrected chi connectivity index (χ4v) is 6.09. The minimum absolute atomic E-state index is 0.0163. The maximum Gasteiger partial charge on any atom is 0.328 e. The molecule has 41 heavy (non-hydrogen) atoms. The van der Waals surface area contributed by atoms with Gasteiger partial charge in [0.25, 0.3) is 5.91 Å². The predicted molar refractivity (Wildman–Crippen MR) is 161 cm³/mol. The van der Waals surface area contributed by atoms with Crippen LogP contribution < -0.4 is 20.9 Å². The topological polar surface area (TPSA) is 111 Å². The van der Waals surface area contributed by atoms with E-state index in [0.29, 0.717) is 30.2 Å². The van der Waals surface area contributed by atoms with Crippen molar-refractivity contribution >= 4 is 58.4 Å². The predicted octanol–water partition coefficient (Wildman–Crippen LogP) is 5.29. The van der Waals surface area contributed by atoms with Gasteiger partial charge in [0, 0.05) is 30.1 Å². The summed E-state index contributed by atoms with van der Waals surface area (Å²) >= 11 is 19.0. The summed E-state index contributed by atoms with van der Waals surface area (Å²) in [6.07, 6.45) is 2.34. The van der Waals surface area contributed by atoms with E-state index in [1.807, 2.05) is 47.4 Å². The zero-order valence-corrected chi connectivity index (χ0v) is 24.3. The zero-order valence-electron chi connectivity index (χ0n) is 22.0. The van der Waals surface area contributed by atoms with Crippen LogP contribution in [0.3, 0.4) is 0 Å². The fourth-order valence-electron chi connectivity index (χ4n) is 5.30. The molecule has 214 valence electrons. The van der Waals surface area contributed by atoms with Crippen molar-refractivity contribution in [3.63, 3.8) is 0 Å². The van der Waals surface area contributed by atoms with E-state index in [-0.39, 0.29) is 34.1 Å². The van der Waals surface area contributed by atoms with E-state index in [4.69, 9.17) is 34.8 Å². The fraction of sp³-hybridized carbons (Fsp3) is 0.300. The number of benzene rings is 3. The summed E-state index contributed by atoms with van der Waals surface area (Å²) in [5.74, 6) is -1.76. The second-order valence-corrected chi connectivity index (χ2v) is 11.6. The van der Waals surface area contributed by atoms with Gasteiger partial charge in [0.1, 0.15) is 6.04 Å². The Bertz CT molecular complexity index is 1460. The third kappa shape index (κ3) is 6.72. The largest absolute Gasteiger partial charge is 0.480 e. The maximum absolute atomic E-state index is 13.2. The summed E-state index contributed by atoms with van der Waals surface area (Å²) in [7, 11) is 0. The van der Waals surface area contributed by atoms with Crippen LogP contribution in [0.2, 0.25) is 15.1 Å². The van der Waals surface area contributed by atoms with Crippen LogP contribution >= 0.6 is 34.8 Å². The van der Waals surface area contributed by atoms with Crippen molar-refractivity contribution in [2.45, 2.75) is 37.3 Å². The maximum atomic E-state index is 13.2. The van der Waals surface area contributed by atoms with E-state index < -0.39 is 23.9 Å². The number of fused-ring (bicyclic) bond motifs is 1. The number of carbonyl (C=O) groups excluding carboxylic acids is 2. The Kier molecular flexibility index (Phi) is 8.92. The number of carboxylic acid groups (broad SMARTS) is 1. The summed E-state index contributed by atoms with van der Waals surface area (Å²) in [5.41, 5.74) is 4.23. The molecule has 0 saturated carbocycles. The lowest BCUT2D eigenvalue weighted by atomic mass is 9.88. The van der Waals surface area contributed by atoms with Gasteiger partial charge in [-0.15, -0.1) is 0 Å². The molecule has 5 rings (SSSR count). The smallest absolute Gasteiger partial charge is 0.328 e. The molecular formula is C30H29Cl3N4O4. The molecule has 4 N–H and O–H groups in total. The number of carboxylic acids is 1.